The predicted octanol–water partition coefficient (Wildman–Crippen LogP) is 3.27. The lowest BCUT2D eigenvalue weighted by atomic mass is 9.76. The van der Waals surface area contributed by atoms with E-state index in [4.69, 9.17) is 5.26 Å². The number of aromatic nitrogens is 6. The lowest BCUT2D eigenvalue weighted by molar-refractivity contribution is 0.101. The van der Waals surface area contributed by atoms with Gasteiger partial charge in [-0.2, -0.15) is 5.26 Å². The normalized spacial score (nSPS) is 15.0. The molecule has 0 radical (unpaired) electrons. The number of aromatic amines is 1. The van der Waals surface area contributed by atoms with Crippen LogP contribution in [0.5, 0.6) is 0 Å². The van der Waals surface area contributed by atoms with Crippen molar-refractivity contribution in [3.63, 3.8) is 0 Å². The van der Waals surface area contributed by atoms with Crippen LogP contribution in [0, 0.1) is 16.7 Å². The van der Waals surface area contributed by atoms with Crippen LogP contribution in [-0.2, 0) is 13.0 Å². The van der Waals surface area contributed by atoms with Gasteiger partial charge in [-0.15, -0.1) is 5.10 Å². The molecule has 1 aliphatic rings. The number of nitrogens with zero attached hydrogens (tertiary/aromatic N) is 7. The molecule has 35 heavy (non-hydrogen) atoms. The third kappa shape index (κ3) is 6.00. The summed E-state index contributed by atoms with van der Waals surface area (Å²) in [6, 6.07) is 7.98. The molecule has 0 aliphatic heterocycles. The average molecular weight is 474 g/mol. The zero-order chi connectivity index (χ0) is 25.0. The van der Waals surface area contributed by atoms with E-state index in [1.807, 2.05) is 37.0 Å². The molecular formula is C25H31N9O. The number of anilines is 1. The largest absolute Gasteiger partial charge is 0.326 e. The van der Waals surface area contributed by atoms with Crippen molar-refractivity contribution in [2.24, 2.45) is 5.41 Å². The molecule has 1 aliphatic carbocycles. The van der Waals surface area contributed by atoms with Gasteiger partial charge in [-0.1, -0.05) is 26.0 Å². The number of likely N-dealkylation sites (N-methyl/N-ethyl adjacent to an activating group) is 1. The smallest absolute Gasteiger partial charge is 0.291 e. The number of imidazole rings is 1. The number of carbonyl (C=O) groups is 1. The molecule has 0 saturated heterocycles. The van der Waals surface area contributed by atoms with Crippen LogP contribution in [-0.4, -0.2) is 61.6 Å². The molecule has 10 nitrogen and oxygen atoms in total. The number of carbonyl (C=O) groups excluding carboxylic acids is 1. The van der Waals surface area contributed by atoms with Crippen LogP contribution >= 0.6 is 0 Å². The van der Waals surface area contributed by atoms with Crippen molar-refractivity contribution in [2.75, 3.05) is 26.0 Å². The van der Waals surface area contributed by atoms with E-state index in [1.54, 1.807) is 0 Å². The molecule has 0 fully saturated rings. The van der Waals surface area contributed by atoms with Gasteiger partial charge in [0, 0.05) is 24.2 Å². The lowest BCUT2D eigenvalue weighted by Gasteiger charge is -2.29. The van der Waals surface area contributed by atoms with Crippen molar-refractivity contribution in [1.82, 2.24) is 35.1 Å². The summed E-state index contributed by atoms with van der Waals surface area (Å²) in [5.74, 6) is 0.522. The third-order valence-electron chi connectivity index (χ3n) is 6.29. The maximum Gasteiger partial charge on any atom is 0.291 e. The van der Waals surface area contributed by atoms with Crippen molar-refractivity contribution in [2.45, 2.75) is 46.1 Å². The number of hydrogen-bond donors (Lipinski definition) is 2. The number of amides is 1. The second-order valence-electron chi connectivity index (χ2n) is 9.99. The minimum absolute atomic E-state index is 0.107. The standard InChI is InChI=1S/C25H31N9O/c1-25(2)9-7-18(8-10-25)20-13-17(14-22-30-31-32-34(22)12-11-33(3)4)5-6-21(20)29-24(35)23-27-16-19(15-26)28-23/h5-7,13,16H,8-12,14H2,1-4H3,(H,27,28)(H,29,35). The summed E-state index contributed by atoms with van der Waals surface area (Å²) in [6.45, 7) is 6.11. The quantitative estimate of drug-likeness (QED) is 0.514. The van der Waals surface area contributed by atoms with Gasteiger partial charge in [0.2, 0.25) is 0 Å². The SMILES string of the molecule is CN(C)CCn1nnnc1Cc1ccc(NC(=O)c2ncc(C#N)[nH]2)c(C2=CCC(C)(C)CC2)c1. The van der Waals surface area contributed by atoms with Crippen LogP contribution in [0.25, 0.3) is 5.57 Å². The monoisotopic (exact) mass is 473 g/mol. The van der Waals surface area contributed by atoms with E-state index < -0.39 is 0 Å². The Hall–Kier alpha value is -3.84. The van der Waals surface area contributed by atoms with Gasteiger partial charge in [0.15, 0.2) is 11.6 Å². The van der Waals surface area contributed by atoms with Crippen molar-refractivity contribution in [3.8, 4) is 6.07 Å². The van der Waals surface area contributed by atoms with Crippen molar-refractivity contribution >= 4 is 17.2 Å². The minimum Gasteiger partial charge on any atom is -0.326 e. The fourth-order valence-corrected chi connectivity index (χ4v) is 4.07. The highest BCUT2D eigenvalue weighted by molar-refractivity contribution is 6.03. The molecule has 2 N–H and O–H groups in total. The summed E-state index contributed by atoms with van der Waals surface area (Å²) in [5, 5.41) is 24.2. The summed E-state index contributed by atoms with van der Waals surface area (Å²) < 4.78 is 1.83. The first-order chi connectivity index (χ1) is 16.7. The molecule has 4 rings (SSSR count). The van der Waals surface area contributed by atoms with Crippen LogP contribution in [0.3, 0.4) is 0 Å². The molecule has 0 spiro atoms. The maximum atomic E-state index is 12.8. The Labute approximate surface area is 205 Å². The second-order valence-corrected chi connectivity index (χ2v) is 9.99. The number of H-pyrrole nitrogens is 1. The van der Waals surface area contributed by atoms with Crippen molar-refractivity contribution in [1.29, 1.82) is 5.26 Å². The summed E-state index contributed by atoms with van der Waals surface area (Å²) in [6.07, 6.45) is 7.20. The molecule has 182 valence electrons. The summed E-state index contributed by atoms with van der Waals surface area (Å²) >= 11 is 0. The summed E-state index contributed by atoms with van der Waals surface area (Å²) in [7, 11) is 4.04. The van der Waals surface area contributed by atoms with E-state index in [-0.39, 0.29) is 22.8 Å². The molecule has 2 aromatic heterocycles. The van der Waals surface area contributed by atoms with Crippen LogP contribution in [0.4, 0.5) is 5.69 Å². The van der Waals surface area contributed by atoms with Crippen molar-refractivity contribution in [3.05, 3.63) is 58.9 Å². The van der Waals surface area contributed by atoms with Crippen LogP contribution in [0.2, 0.25) is 0 Å². The minimum atomic E-state index is -0.384. The highest BCUT2D eigenvalue weighted by Crippen LogP contribution is 2.40. The number of rotatable bonds is 8. The van der Waals surface area contributed by atoms with E-state index in [0.29, 0.717) is 18.7 Å². The Morgan fingerprint density at radius 3 is 2.86 bits per heavy atom. The Kier molecular flexibility index (Phi) is 7.07. The van der Waals surface area contributed by atoms with Gasteiger partial charge in [-0.25, -0.2) is 9.67 Å². The molecule has 3 aromatic rings. The lowest BCUT2D eigenvalue weighted by Crippen LogP contribution is -2.20. The van der Waals surface area contributed by atoms with E-state index in [9.17, 15) is 4.79 Å². The summed E-state index contributed by atoms with van der Waals surface area (Å²) in [4.78, 5) is 21.7. The van der Waals surface area contributed by atoms with Gasteiger partial charge >= 0.3 is 0 Å². The zero-order valence-electron chi connectivity index (χ0n) is 20.7. The fourth-order valence-electron chi connectivity index (χ4n) is 4.07. The first-order valence-corrected chi connectivity index (χ1v) is 11.7. The number of hydrogen-bond acceptors (Lipinski definition) is 7. The molecule has 2 heterocycles. The number of benzene rings is 1. The van der Waals surface area contributed by atoms with E-state index in [2.05, 4.69) is 61.7 Å². The number of tetrazole rings is 1. The van der Waals surface area contributed by atoms with E-state index in [0.717, 1.165) is 42.8 Å². The topological polar surface area (TPSA) is 128 Å². The van der Waals surface area contributed by atoms with Gasteiger partial charge in [0.1, 0.15) is 11.8 Å². The van der Waals surface area contributed by atoms with Crippen LogP contribution in [0.1, 0.15) is 66.4 Å². The Morgan fingerprint density at radius 2 is 2.17 bits per heavy atom. The molecule has 1 amide bonds. The maximum absolute atomic E-state index is 12.8. The van der Waals surface area contributed by atoms with E-state index in [1.165, 1.54) is 11.8 Å². The second kappa shape index (κ2) is 10.2. The number of nitriles is 1. The molecule has 0 saturated carbocycles. The molecular weight excluding hydrogens is 442 g/mol. The van der Waals surface area contributed by atoms with Gasteiger partial charge < -0.3 is 15.2 Å². The number of nitrogens with one attached hydrogen (secondary N) is 2. The molecule has 0 bridgehead atoms. The van der Waals surface area contributed by atoms with Gasteiger partial charge in [-0.05, 0) is 72.5 Å². The molecule has 0 unspecified atom stereocenters. The Bertz CT molecular complexity index is 1280. The first-order valence-electron chi connectivity index (χ1n) is 11.7. The number of allylic oxidation sites excluding steroid dienone is 2. The molecule has 0 atom stereocenters. The van der Waals surface area contributed by atoms with Gasteiger partial charge in [0.25, 0.3) is 5.91 Å². The Balaban J connectivity index is 1.62. The average Bonchev–Trinajstić information content (AvgIpc) is 3.48. The van der Waals surface area contributed by atoms with Gasteiger partial charge in [0.05, 0.1) is 12.7 Å². The van der Waals surface area contributed by atoms with Crippen LogP contribution in [0.15, 0.2) is 30.5 Å². The van der Waals surface area contributed by atoms with Crippen molar-refractivity contribution < 1.29 is 4.79 Å². The molecule has 1 aromatic carbocycles. The highest BCUT2D eigenvalue weighted by Gasteiger charge is 2.24. The summed E-state index contributed by atoms with van der Waals surface area (Å²) in [5.41, 5.74) is 4.49. The first kappa shape index (κ1) is 24.3. The van der Waals surface area contributed by atoms with E-state index >= 15 is 0 Å². The van der Waals surface area contributed by atoms with Crippen LogP contribution < -0.4 is 5.32 Å². The molecule has 10 heteroatoms. The predicted molar refractivity (Wildman–Crippen MR) is 132 cm³/mol. The highest BCUT2D eigenvalue weighted by atomic mass is 16.2. The zero-order valence-corrected chi connectivity index (χ0v) is 20.7. The third-order valence-corrected chi connectivity index (χ3v) is 6.29. The van der Waals surface area contributed by atoms with Gasteiger partial charge in [-0.3, -0.25) is 4.79 Å². The fraction of sp³-hybridized carbons (Fsp3) is 0.440. The Morgan fingerprint density at radius 1 is 1.34 bits per heavy atom.